The Morgan fingerprint density at radius 1 is 1.56 bits per heavy atom. The zero-order chi connectivity index (χ0) is 11.7. The highest BCUT2D eigenvalue weighted by atomic mass is 35.5. The number of methoxy groups -OCH3 is 1. The molecule has 0 saturated carbocycles. The van der Waals surface area contributed by atoms with Gasteiger partial charge in [0.25, 0.3) is 0 Å². The summed E-state index contributed by atoms with van der Waals surface area (Å²) in [5.74, 6) is 0.586. The molecule has 0 spiro atoms. The minimum Gasteiger partial charge on any atom is -0.497 e. The number of nitrogens with zero attached hydrogens (tertiary/aromatic N) is 1. The molecule has 0 radical (unpaired) electrons. The summed E-state index contributed by atoms with van der Waals surface area (Å²) in [5, 5.41) is 0.531. The molecule has 16 heavy (non-hydrogen) atoms. The number of nitrogens with two attached hydrogens (primary N) is 1. The Labute approximate surface area is 98.9 Å². The highest BCUT2D eigenvalue weighted by Crippen LogP contribution is 2.32. The van der Waals surface area contributed by atoms with Crippen molar-refractivity contribution in [3.63, 3.8) is 0 Å². The largest absolute Gasteiger partial charge is 0.497 e. The summed E-state index contributed by atoms with van der Waals surface area (Å²) in [6.07, 6.45) is 0.659. The van der Waals surface area contributed by atoms with Crippen LogP contribution in [0.3, 0.4) is 0 Å². The second-order valence-corrected chi connectivity index (χ2v) is 4.11. The molecule has 1 heterocycles. The van der Waals surface area contributed by atoms with Crippen LogP contribution in [-0.2, 0) is 4.79 Å². The third-order valence-electron chi connectivity index (χ3n) is 2.69. The van der Waals surface area contributed by atoms with E-state index in [1.165, 1.54) is 0 Å². The highest BCUT2D eigenvalue weighted by molar-refractivity contribution is 6.34. The third kappa shape index (κ3) is 1.86. The number of carbonyl (C=O) groups is 1. The summed E-state index contributed by atoms with van der Waals surface area (Å²) in [4.78, 5) is 13.4. The molecule has 1 amide bonds. The molecule has 1 fully saturated rings. The van der Waals surface area contributed by atoms with E-state index in [-0.39, 0.29) is 5.91 Å². The molecular formula is C11H13ClN2O2. The minimum absolute atomic E-state index is 0.0878. The fraction of sp³-hybridized carbons (Fsp3) is 0.364. The molecule has 1 aliphatic heterocycles. The van der Waals surface area contributed by atoms with Crippen LogP contribution in [0.2, 0.25) is 5.02 Å². The van der Waals surface area contributed by atoms with Crippen molar-refractivity contribution in [3.8, 4) is 5.75 Å². The summed E-state index contributed by atoms with van der Waals surface area (Å²) in [7, 11) is 1.57. The minimum atomic E-state index is -0.415. The van der Waals surface area contributed by atoms with E-state index in [9.17, 15) is 4.79 Å². The van der Waals surface area contributed by atoms with Crippen molar-refractivity contribution < 1.29 is 9.53 Å². The second-order valence-electron chi connectivity index (χ2n) is 3.70. The number of hydrogen-bond acceptors (Lipinski definition) is 3. The molecule has 2 rings (SSSR count). The van der Waals surface area contributed by atoms with Gasteiger partial charge in [0.05, 0.1) is 23.9 Å². The molecule has 1 atom stereocenters. The monoisotopic (exact) mass is 240 g/mol. The first-order valence-electron chi connectivity index (χ1n) is 5.04. The molecule has 0 aliphatic carbocycles. The lowest BCUT2D eigenvalue weighted by Gasteiger charge is -2.18. The Morgan fingerprint density at radius 3 is 2.88 bits per heavy atom. The molecule has 1 aromatic rings. The smallest absolute Gasteiger partial charge is 0.244 e. The van der Waals surface area contributed by atoms with Gasteiger partial charge in [-0.3, -0.25) is 4.79 Å². The van der Waals surface area contributed by atoms with Crippen LogP contribution in [-0.4, -0.2) is 25.6 Å². The predicted octanol–water partition coefficient (Wildman–Crippen LogP) is 1.41. The lowest BCUT2D eigenvalue weighted by atomic mass is 10.2. The van der Waals surface area contributed by atoms with Crippen LogP contribution >= 0.6 is 11.6 Å². The van der Waals surface area contributed by atoms with Gasteiger partial charge in [-0.05, 0) is 18.6 Å². The predicted molar refractivity (Wildman–Crippen MR) is 62.9 cm³/mol. The summed E-state index contributed by atoms with van der Waals surface area (Å²) in [5.41, 5.74) is 6.33. The van der Waals surface area contributed by atoms with Crippen LogP contribution in [0, 0.1) is 0 Å². The maximum Gasteiger partial charge on any atom is 0.244 e. The van der Waals surface area contributed by atoms with Gasteiger partial charge in [-0.2, -0.15) is 0 Å². The lowest BCUT2D eigenvalue weighted by Crippen LogP contribution is -2.34. The van der Waals surface area contributed by atoms with Gasteiger partial charge in [-0.1, -0.05) is 11.6 Å². The zero-order valence-electron chi connectivity index (χ0n) is 8.94. The molecule has 1 aliphatic rings. The number of halogens is 1. The molecule has 4 nitrogen and oxygen atoms in total. The molecule has 5 heteroatoms. The third-order valence-corrected chi connectivity index (χ3v) is 3.01. The van der Waals surface area contributed by atoms with Gasteiger partial charge in [0.2, 0.25) is 5.91 Å². The summed E-state index contributed by atoms with van der Waals surface area (Å²) < 4.78 is 5.10. The van der Waals surface area contributed by atoms with Crippen LogP contribution < -0.4 is 15.4 Å². The quantitative estimate of drug-likeness (QED) is 0.851. The number of hydrogen-bond donors (Lipinski definition) is 1. The Bertz CT molecular complexity index is 422. The first kappa shape index (κ1) is 11.2. The number of amides is 1. The average Bonchev–Trinajstić information content (AvgIpc) is 2.61. The molecule has 0 bridgehead atoms. The second kappa shape index (κ2) is 4.31. The van der Waals surface area contributed by atoms with Gasteiger partial charge < -0.3 is 15.4 Å². The number of rotatable bonds is 2. The van der Waals surface area contributed by atoms with E-state index < -0.39 is 6.04 Å². The molecular weight excluding hydrogens is 228 g/mol. The van der Waals surface area contributed by atoms with Gasteiger partial charge in [-0.25, -0.2) is 0 Å². The normalized spacial score (nSPS) is 20.3. The van der Waals surface area contributed by atoms with Gasteiger partial charge in [0, 0.05) is 12.6 Å². The molecule has 1 aromatic carbocycles. The first-order valence-corrected chi connectivity index (χ1v) is 5.42. The fourth-order valence-electron chi connectivity index (χ4n) is 1.77. The van der Waals surface area contributed by atoms with Crippen molar-refractivity contribution in [3.05, 3.63) is 23.2 Å². The average molecular weight is 241 g/mol. The van der Waals surface area contributed by atoms with E-state index in [4.69, 9.17) is 22.1 Å². The Balaban J connectivity index is 2.36. The van der Waals surface area contributed by atoms with Crippen LogP contribution in [0.25, 0.3) is 0 Å². The Hall–Kier alpha value is -1.26. The molecule has 1 unspecified atom stereocenters. The van der Waals surface area contributed by atoms with Crippen molar-refractivity contribution in [2.45, 2.75) is 12.5 Å². The molecule has 2 N–H and O–H groups in total. The highest BCUT2D eigenvalue weighted by Gasteiger charge is 2.30. The van der Waals surface area contributed by atoms with E-state index >= 15 is 0 Å². The standard InChI is InChI=1S/C11H13ClN2O2/c1-16-7-2-3-8(12)10(6-7)14-5-4-9(13)11(14)15/h2-3,6,9H,4-5,13H2,1H3. The van der Waals surface area contributed by atoms with Crippen molar-refractivity contribution in [1.29, 1.82) is 0 Å². The van der Waals surface area contributed by atoms with E-state index in [0.717, 1.165) is 0 Å². The maximum absolute atomic E-state index is 11.8. The molecule has 86 valence electrons. The SMILES string of the molecule is COc1ccc(Cl)c(N2CCC(N)C2=O)c1. The summed E-state index contributed by atoms with van der Waals surface area (Å²) >= 11 is 6.06. The topological polar surface area (TPSA) is 55.6 Å². The Kier molecular flexibility index (Phi) is 3.03. The van der Waals surface area contributed by atoms with Crippen molar-refractivity contribution in [1.82, 2.24) is 0 Å². The van der Waals surface area contributed by atoms with Crippen molar-refractivity contribution in [2.24, 2.45) is 5.73 Å². The number of benzene rings is 1. The zero-order valence-corrected chi connectivity index (χ0v) is 9.70. The van der Waals surface area contributed by atoms with Gasteiger partial charge in [0.15, 0.2) is 0 Å². The number of carbonyl (C=O) groups excluding carboxylic acids is 1. The van der Waals surface area contributed by atoms with E-state index in [2.05, 4.69) is 0 Å². The van der Waals surface area contributed by atoms with Crippen LogP contribution in [0.1, 0.15) is 6.42 Å². The number of anilines is 1. The lowest BCUT2D eigenvalue weighted by molar-refractivity contribution is -0.118. The first-order chi connectivity index (χ1) is 7.63. The van der Waals surface area contributed by atoms with Crippen LogP contribution in [0.15, 0.2) is 18.2 Å². The maximum atomic E-state index is 11.8. The van der Waals surface area contributed by atoms with Crippen LogP contribution in [0.5, 0.6) is 5.75 Å². The summed E-state index contributed by atoms with van der Waals surface area (Å²) in [6, 6.07) is 4.81. The van der Waals surface area contributed by atoms with Crippen molar-refractivity contribution >= 4 is 23.2 Å². The number of ether oxygens (including phenoxy) is 1. The van der Waals surface area contributed by atoms with Gasteiger partial charge >= 0.3 is 0 Å². The Morgan fingerprint density at radius 2 is 2.31 bits per heavy atom. The molecule has 0 aromatic heterocycles. The van der Waals surface area contributed by atoms with E-state index in [1.807, 2.05) is 0 Å². The van der Waals surface area contributed by atoms with Gasteiger partial charge in [0.1, 0.15) is 5.75 Å². The van der Waals surface area contributed by atoms with E-state index in [0.29, 0.717) is 29.4 Å². The summed E-state index contributed by atoms with van der Waals surface area (Å²) in [6.45, 7) is 0.604. The van der Waals surface area contributed by atoms with Crippen molar-refractivity contribution in [2.75, 3.05) is 18.6 Å². The molecule has 1 saturated heterocycles. The van der Waals surface area contributed by atoms with Crippen LogP contribution in [0.4, 0.5) is 5.69 Å². The van der Waals surface area contributed by atoms with Gasteiger partial charge in [-0.15, -0.1) is 0 Å². The van der Waals surface area contributed by atoms with E-state index in [1.54, 1.807) is 30.2 Å². The fourth-order valence-corrected chi connectivity index (χ4v) is 1.99.